The van der Waals surface area contributed by atoms with Gasteiger partial charge in [0.05, 0.1) is 26.4 Å². The SMILES string of the molecule is CCNC(=NCCOCCOC)N1CC(C)CC(C)C1.I. The van der Waals surface area contributed by atoms with Gasteiger partial charge in [0.1, 0.15) is 0 Å². The van der Waals surface area contributed by atoms with Crippen molar-refractivity contribution in [2.24, 2.45) is 16.8 Å². The highest BCUT2D eigenvalue weighted by atomic mass is 127. The Kier molecular flexibility index (Phi) is 12.4. The number of likely N-dealkylation sites (tertiary alicyclic amines) is 1. The van der Waals surface area contributed by atoms with E-state index in [9.17, 15) is 0 Å². The van der Waals surface area contributed by atoms with Crippen molar-refractivity contribution in [1.82, 2.24) is 10.2 Å². The van der Waals surface area contributed by atoms with Crippen LogP contribution in [-0.4, -0.2) is 64.0 Å². The number of hydrogen-bond acceptors (Lipinski definition) is 3. The predicted molar refractivity (Wildman–Crippen MR) is 98.6 cm³/mol. The smallest absolute Gasteiger partial charge is 0.194 e. The van der Waals surface area contributed by atoms with Crippen molar-refractivity contribution >= 4 is 29.9 Å². The number of nitrogens with zero attached hydrogens (tertiary/aromatic N) is 2. The molecule has 0 amide bonds. The molecule has 0 saturated carbocycles. The summed E-state index contributed by atoms with van der Waals surface area (Å²) in [6, 6.07) is 0. The first kappa shape index (κ1) is 20.9. The summed E-state index contributed by atoms with van der Waals surface area (Å²) >= 11 is 0. The van der Waals surface area contributed by atoms with E-state index >= 15 is 0 Å². The highest BCUT2D eigenvalue weighted by Crippen LogP contribution is 2.20. The van der Waals surface area contributed by atoms with Gasteiger partial charge >= 0.3 is 0 Å². The molecule has 6 heteroatoms. The Morgan fingerprint density at radius 1 is 1.19 bits per heavy atom. The van der Waals surface area contributed by atoms with Crippen LogP contribution in [-0.2, 0) is 9.47 Å². The van der Waals surface area contributed by atoms with E-state index in [4.69, 9.17) is 9.47 Å². The van der Waals surface area contributed by atoms with E-state index in [1.807, 2.05) is 0 Å². The molecular weight excluding hydrogens is 381 g/mol. The van der Waals surface area contributed by atoms with E-state index in [1.165, 1.54) is 6.42 Å². The Hall–Kier alpha value is -0.0800. The summed E-state index contributed by atoms with van der Waals surface area (Å²) in [5, 5.41) is 3.39. The van der Waals surface area contributed by atoms with Gasteiger partial charge in [0.2, 0.25) is 0 Å². The predicted octanol–water partition coefficient (Wildman–Crippen LogP) is 2.21. The van der Waals surface area contributed by atoms with Gasteiger partial charge in [-0.3, -0.25) is 4.99 Å². The average molecular weight is 413 g/mol. The molecule has 1 aliphatic heterocycles. The zero-order valence-electron chi connectivity index (χ0n) is 13.9. The molecule has 0 aromatic heterocycles. The van der Waals surface area contributed by atoms with Crippen LogP contribution in [0.15, 0.2) is 4.99 Å². The molecule has 0 radical (unpaired) electrons. The number of aliphatic imine (C=N–C) groups is 1. The van der Waals surface area contributed by atoms with Crippen LogP contribution in [0.3, 0.4) is 0 Å². The molecule has 5 nitrogen and oxygen atoms in total. The highest BCUT2D eigenvalue weighted by Gasteiger charge is 2.23. The molecule has 126 valence electrons. The maximum Gasteiger partial charge on any atom is 0.194 e. The third-order valence-electron chi connectivity index (χ3n) is 3.43. The molecule has 2 atom stereocenters. The van der Waals surface area contributed by atoms with Gasteiger partial charge in [0.25, 0.3) is 0 Å². The van der Waals surface area contributed by atoms with Crippen molar-refractivity contribution in [1.29, 1.82) is 0 Å². The summed E-state index contributed by atoms with van der Waals surface area (Å²) in [5.41, 5.74) is 0. The molecule has 1 aliphatic rings. The summed E-state index contributed by atoms with van der Waals surface area (Å²) in [4.78, 5) is 7.06. The standard InChI is InChI=1S/C15H31N3O2.HI/c1-5-16-15(17-6-7-20-9-8-19-4)18-11-13(2)10-14(3)12-18;/h13-14H,5-12H2,1-4H3,(H,16,17);1H. The number of halogens is 1. The van der Waals surface area contributed by atoms with Crippen LogP contribution in [0.2, 0.25) is 0 Å². The molecule has 2 unspecified atom stereocenters. The molecule has 21 heavy (non-hydrogen) atoms. The quantitative estimate of drug-likeness (QED) is 0.301. The van der Waals surface area contributed by atoms with Gasteiger partial charge in [0.15, 0.2) is 5.96 Å². The molecule has 1 N–H and O–H groups in total. The molecule has 0 spiro atoms. The minimum atomic E-state index is 0. The Morgan fingerprint density at radius 2 is 1.86 bits per heavy atom. The van der Waals surface area contributed by atoms with Gasteiger partial charge < -0.3 is 19.7 Å². The first-order chi connectivity index (χ1) is 9.67. The topological polar surface area (TPSA) is 46.1 Å². The monoisotopic (exact) mass is 413 g/mol. The van der Waals surface area contributed by atoms with Crippen molar-refractivity contribution in [2.75, 3.05) is 53.1 Å². The van der Waals surface area contributed by atoms with Gasteiger partial charge in [-0.2, -0.15) is 0 Å². The van der Waals surface area contributed by atoms with Crippen LogP contribution in [0, 0.1) is 11.8 Å². The lowest BCUT2D eigenvalue weighted by Gasteiger charge is -2.37. The van der Waals surface area contributed by atoms with E-state index in [-0.39, 0.29) is 24.0 Å². The molecule has 1 saturated heterocycles. The lowest BCUT2D eigenvalue weighted by Crippen LogP contribution is -2.48. The van der Waals surface area contributed by atoms with Crippen molar-refractivity contribution in [2.45, 2.75) is 27.2 Å². The van der Waals surface area contributed by atoms with Crippen molar-refractivity contribution < 1.29 is 9.47 Å². The van der Waals surface area contributed by atoms with Crippen molar-refractivity contribution in [3.8, 4) is 0 Å². The lowest BCUT2D eigenvalue weighted by atomic mass is 9.92. The zero-order valence-corrected chi connectivity index (χ0v) is 16.3. The Bertz CT molecular complexity index is 280. The molecule has 1 rings (SSSR count). The Labute approximate surface area is 146 Å². The van der Waals surface area contributed by atoms with Crippen LogP contribution < -0.4 is 5.32 Å². The first-order valence-electron chi connectivity index (χ1n) is 7.77. The van der Waals surface area contributed by atoms with E-state index in [2.05, 4.69) is 36.0 Å². The third-order valence-corrected chi connectivity index (χ3v) is 3.43. The van der Waals surface area contributed by atoms with Crippen LogP contribution in [0.1, 0.15) is 27.2 Å². The minimum absolute atomic E-state index is 0. The van der Waals surface area contributed by atoms with Gasteiger partial charge in [-0.15, -0.1) is 24.0 Å². The number of rotatable bonds is 7. The van der Waals surface area contributed by atoms with Gasteiger partial charge in [0, 0.05) is 26.7 Å². The van der Waals surface area contributed by atoms with E-state index in [1.54, 1.807) is 7.11 Å². The van der Waals surface area contributed by atoms with Crippen molar-refractivity contribution in [3.05, 3.63) is 0 Å². The van der Waals surface area contributed by atoms with Crippen LogP contribution in [0.25, 0.3) is 0 Å². The zero-order chi connectivity index (χ0) is 14.8. The van der Waals surface area contributed by atoms with Crippen LogP contribution in [0.5, 0.6) is 0 Å². The third kappa shape index (κ3) is 8.83. The molecule has 1 fully saturated rings. The van der Waals surface area contributed by atoms with E-state index < -0.39 is 0 Å². The van der Waals surface area contributed by atoms with E-state index in [0.717, 1.165) is 37.4 Å². The fraction of sp³-hybridized carbons (Fsp3) is 0.933. The summed E-state index contributed by atoms with van der Waals surface area (Å²) in [5.74, 6) is 2.50. The van der Waals surface area contributed by atoms with Gasteiger partial charge in [-0.25, -0.2) is 0 Å². The number of hydrogen-bond donors (Lipinski definition) is 1. The maximum atomic E-state index is 5.45. The Balaban J connectivity index is 0.00000400. The van der Waals surface area contributed by atoms with E-state index in [0.29, 0.717) is 26.4 Å². The maximum absolute atomic E-state index is 5.45. The second-order valence-electron chi connectivity index (χ2n) is 5.69. The first-order valence-corrected chi connectivity index (χ1v) is 7.77. The average Bonchev–Trinajstić information content (AvgIpc) is 2.40. The lowest BCUT2D eigenvalue weighted by molar-refractivity contribution is 0.0746. The van der Waals surface area contributed by atoms with Gasteiger partial charge in [-0.05, 0) is 25.2 Å². The van der Waals surface area contributed by atoms with Gasteiger partial charge in [-0.1, -0.05) is 13.8 Å². The molecule has 0 aromatic rings. The number of guanidine groups is 1. The summed E-state index contributed by atoms with van der Waals surface area (Å²) < 4.78 is 10.4. The minimum Gasteiger partial charge on any atom is -0.382 e. The summed E-state index contributed by atoms with van der Waals surface area (Å²) in [6.07, 6.45) is 1.32. The van der Waals surface area contributed by atoms with Crippen LogP contribution >= 0.6 is 24.0 Å². The molecule has 0 aliphatic carbocycles. The highest BCUT2D eigenvalue weighted by molar-refractivity contribution is 14.0. The van der Waals surface area contributed by atoms with Crippen LogP contribution in [0.4, 0.5) is 0 Å². The molecular formula is C15H32IN3O2. The number of piperidine rings is 1. The molecule has 0 bridgehead atoms. The molecule has 1 heterocycles. The largest absolute Gasteiger partial charge is 0.382 e. The normalized spacial score (nSPS) is 22.9. The number of nitrogens with one attached hydrogen (secondary N) is 1. The van der Waals surface area contributed by atoms with Crippen molar-refractivity contribution in [3.63, 3.8) is 0 Å². The number of ether oxygens (including phenoxy) is 2. The fourth-order valence-corrected chi connectivity index (χ4v) is 2.72. The summed E-state index contributed by atoms with van der Waals surface area (Å²) in [6.45, 7) is 12.5. The number of methoxy groups -OCH3 is 1. The second-order valence-corrected chi connectivity index (χ2v) is 5.69. The second kappa shape index (κ2) is 12.5. The Morgan fingerprint density at radius 3 is 2.43 bits per heavy atom. The summed E-state index contributed by atoms with van der Waals surface area (Å²) in [7, 11) is 1.68. The fourth-order valence-electron chi connectivity index (χ4n) is 2.72. The molecule has 0 aromatic carbocycles.